The lowest BCUT2D eigenvalue weighted by atomic mass is 10.2. The third-order valence-corrected chi connectivity index (χ3v) is 4.71. The first kappa shape index (κ1) is 18.6. The van der Waals surface area contributed by atoms with Crippen LogP contribution < -0.4 is 5.32 Å². The number of halogens is 1. The average molecular weight is 406 g/mol. The van der Waals surface area contributed by atoms with Gasteiger partial charge in [-0.1, -0.05) is 48.0 Å². The van der Waals surface area contributed by atoms with Crippen molar-refractivity contribution in [3.63, 3.8) is 0 Å². The van der Waals surface area contributed by atoms with Crippen molar-refractivity contribution >= 4 is 35.0 Å². The highest BCUT2D eigenvalue weighted by molar-refractivity contribution is 6.32. The van der Waals surface area contributed by atoms with Crippen LogP contribution in [0.2, 0.25) is 5.02 Å². The molecule has 4 aromatic rings. The van der Waals surface area contributed by atoms with E-state index >= 15 is 0 Å². The number of hydrogen-bond donors (Lipinski definition) is 1. The van der Waals surface area contributed by atoms with Crippen molar-refractivity contribution in [3.8, 4) is 11.4 Å². The summed E-state index contributed by atoms with van der Waals surface area (Å²) in [6.45, 7) is 1.83. The summed E-state index contributed by atoms with van der Waals surface area (Å²) in [7, 11) is 0. The predicted octanol–water partition coefficient (Wildman–Crippen LogP) is 4.53. The standard InChI is InChI=1S/C21H16ClN5O2/c1-14-17(22)10-5-11-18(14)23-21(28)19(13-16-9-6-12-29-16)27-20(24-25-26-27)15-7-3-2-4-8-15/h2-13H,1H3,(H,23,28)/b19-13-. The summed E-state index contributed by atoms with van der Waals surface area (Å²) in [6, 6.07) is 18.2. The SMILES string of the molecule is Cc1c(Cl)cccc1NC(=O)/C(=C/c1ccco1)n1nnnc1-c1ccccc1. The van der Waals surface area contributed by atoms with Gasteiger partial charge in [-0.2, -0.15) is 4.68 Å². The highest BCUT2D eigenvalue weighted by Gasteiger charge is 2.20. The first-order valence-electron chi connectivity index (χ1n) is 8.79. The van der Waals surface area contributed by atoms with E-state index in [0.717, 1.165) is 11.1 Å². The minimum Gasteiger partial charge on any atom is -0.465 e. The van der Waals surface area contributed by atoms with Gasteiger partial charge in [-0.25, -0.2) is 0 Å². The Balaban J connectivity index is 1.77. The molecule has 0 fully saturated rings. The summed E-state index contributed by atoms with van der Waals surface area (Å²) in [5.41, 5.74) is 2.33. The number of aromatic nitrogens is 4. The average Bonchev–Trinajstić information content (AvgIpc) is 3.42. The number of nitrogens with zero attached hydrogens (tertiary/aromatic N) is 4. The highest BCUT2D eigenvalue weighted by atomic mass is 35.5. The Morgan fingerprint density at radius 1 is 1.10 bits per heavy atom. The van der Waals surface area contributed by atoms with Crippen molar-refractivity contribution in [2.45, 2.75) is 6.92 Å². The van der Waals surface area contributed by atoms with Gasteiger partial charge < -0.3 is 9.73 Å². The number of amides is 1. The zero-order valence-electron chi connectivity index (χ0n) is 15.4. The van der Waals surface area contributed by atoms with Crippen LogP contribution in [0.4, 0.5) is 5.69 Å². The monoisotopic (exact) mass is 405 g/mol. The molecule has 144 valence electrons. The third kappa shape index (κ3) is 3.95. The van der Waals surface area contributed by atoms with Crippen LogP contribution in [0.3, 0.4) is 0 Å². The lowest BCUT2D eigenvalue weighted by Crippen LogP contribution is -2.20. The molecule has 7 nitrogen and oxygen atoms in total. The van der Waals surface area contributed by atoms with E-state index in [-0.39, 0.29) is 5.70 Å². The molecule has 0 saturated carbocycles. The molecule has 2 aromatic carbocycles. The number of rotatable bonds is 5. The lowest BCUT2D eigenvalue weighted by molar-refractivity contribution is -0.111. The van der Waals surface area contributed by atoms with Crippen LogP contribution in [0.1, 0.15) is 11.3 Å². The van der Waals surface area contributed by atoms with Crippen LogP contribution in [0.5, 0.6) is 0 Å². The fourth-order valence-corrected chi connectivity index (χ4v) is 2.95. The van der Waals surface area contributed by atoms with Crippen LogP contribution in [0, 0.1) is 6.92 Å². The Morgan fingerprint density at radius 3 is 2.69 bits per heavy atom. The van der Waals surface area contributed by atoms with Crippen molar-refractivity contribution in [3.05, 3.63) is 83.3 Å². The van der Waals surface area contributed by atoms with Gasteiger partial charge in [0.2, 0.25) is 0 Å². The summed E-state index contributed by atoms with van der Waals surface area (Å²) < 4.78 is 6.77. The number of nitrogens with one attached hydrogen (secondary N) is 1. The molecule has 0 atom stereocenters. The second-order valence-electron chi connectivity index (χ2n) is 6.19. The molecule has 0 unspecified atom stereocenters. The molecular formula is C21H16ClN5O2. The molecule has 0 aliphatic rings. The van der Waals surface area contributed by atoms with E-state index < -0.39 is 5.91 Å². The molecule has 0 radical (unpaired) electrons. The van der Waals surface area contributed by atoms with E-state index in [9.17, 15) is 4.79 Å². The quantitative estimate of drug-likeness (QED) is 0.493. The third-order valence-electron chi connectivity index (χ3n) is 4.30. The number of carbonyl (C=O) groups is 1. The molecule has 2 aromatic heterocycles. The Labute approximate surface area is 171 Å². The van der Waals surface area contributed by atoms with E-state index in [1.807, 2.05) is 37.3 Å². The summed E-state index contributed by atoms with van der Waals surface area (Å²) in [5, 5.41) is 15.3. The van der Waals surface area contributed by atoms with Crippen LogP contribution >= 0.6 is 11.6 Å². The van der Waals surface area contributed by atoms with Gasteiger partial charge in [0.25, 0.3) is 5.91 Å². The molecule has 0 bridgehead atoms. The highest BCUT2D eigenvalue weighted by Crippen LogP contribution is 2.25. The molecule has 2 heterocycles. The topological polar surface area (TPSA) is 85.8 Å². The lowest BCUT2D eigenvalue weighted by Gasteiger charge is -2.12. The molecule has 8 heteroatoms. The Bertz CT molecular complexity index is 1170. The van der Waals surface area contributed by atoms with Crippen LogP contribution in [0.15, 0.2) is 71.3 Å². The Morgan fingerprint density at radius 2 is 1.93 bits per heavy atom. The van der Waals surface area contributed by atoms with E-state index in [4.69, 9.17) is 16.0 Å². The van der Waals surface area contributed by atoms with Crippen LogP contribution in [0.25, 0.3) is 23.2 Å². The maximum Gasteiger partial charge on any atom is 0.274 e. The van der Waals surface area contributed by atoms with Gasteiger partial charge in [0.15, 0.2) is 5.82 Å². The number of benzene rings is 2. The fraction of sp³-hybridized carbons (Fsp3) is 0.0476. The summed E-state index contributed by atoms with van der Waals surface area (Å²) >= 11 is 6.18. The molecule has 1 amide bonds. The predicted molar refractivity (Wildman–Crippen MR) is 111 cm³/mol. The van der Waals surface area contributed by atoms with Crippen molar-refractivity contribution in [1.82, 2.24) is 20.2 Å². The molecule has 0 saturated heterocycles. The van der Waals surface area contributed by atoms with Gasteiger partial charge in [0.1, 0.15) is 11.5 Å². The molecular weight excluding hydrogens is 390 g/mol. The summed E-state index contributed by atoms with van der Waals surface area (Å²) in [5.74, 6) is 0.519. The van der Waals surface area contributed by atoms with E-state index in [1.165, 1.54) is 10.9 Å². The van der Waals surface area contributed by atoms with E-state index in [0.29, 0.717) is 22.3 Å². The maximum atomic E-state index is 13.2. The van der Waals surface area contributed by atoms with Gasteiger partial charge in [0.05, 0.1) is 6.26 Å². The number of furan rings is 1. The summed E-state index contributed by atoms with van der Waals surface area (Å²) in [4.78, 5) is 13.2. The van der Waals surface area contributed by atoms with E-state index in [2.05, 4.69) is 20.8 Å². The minimum atomic E-state index is -0.406. The van der Waals surface area contributed by atoms with E-state index in [1.54, 1.807) is 36.4 Å². The van der Waals surface area contributed by atoms with Gasteiger partial charge in [-0.15, -0.1) is 5.10 Å². The number of tetrazole rings is 1. The van der Waals surface area contributed by atoms with Crippen LogP contribution in [-0.2, 0) is 4.79 Å². The molecule has 0 aliphatic heterocycles. The second-order valence-corrected chi connectivity index (χ2v) is 6.60. The van der Waals surface area contributed by atoms with Crippen molar-refractivity contribution in [2.75, 3.05) is 5.32 Å². The Hall–Kier alpha value is -3.71. The Kier molecular flexibility index (Phi) is 5.22. The van der Waals surface area contributed by atoms with Crippen molar-refractivity contribution in [1.29, 1.82) is 0 Å². The number of hydrogen-bond acceptors (Lipinski definition) is 5. The number of carbonyl (C=O) groups excluding carboxylic acids is 1. The smallest absolute Gasteiger partial charge is 0.274 e. The van der Waals surface area contributed by atoms with Crippen LogP contribution in [-0.4, -0.2) is 26.1 Å². The zero-order chi connectivity index (χ0) is 20.2. The zero-order valence-corrected chi connectivity index (χ0v) is 16.2. The van der Waals surface area contributed by atoms with Gasteiger partial charge in [-0.05, 0) is 47.2 Å². The van der Waals surface area contributed by atoms with Gasteiger partial charge in [0, 0.05) is 22.3 Å². The number of anilines is 1. The normalized spacial score (nSPS) is 11.4. The molecule has 1 N–H and O–H groups in total. The molecule has 4 rings (SSSR count). The van der Waals surface area contributed by atoms with Crippen molar-refractivity contribution in [2.24, 2.45) is 0 Å². The molecule has 0 aliphatic carbocycles. The summed E-state index contributed by atoms with van der Waals surface area (Å²) in [6.07, 6.45) is 3.11. The second kappa shape index (κ2) is 8.12. The van der Waals surface area contributed by atoms with Crippen molar-refractivity contribution < 1.29 is 9.21 Å². The maximum absolute atomic E-state index is 13.2. The largest absolute Gasteiger partial charge is 0.465 e. The first-order valence-corrected chi connectivity index (χ1v) is 9.17. The minimum absolute atomic E-state index is 0.197. The first-order chi connectivity index (χ1) is 14.1. The fourth-order valence-electron chi connectivity index (χ4n) is 2.78. The van der Waals surface area contributed by atoms with Gasteiger partial charge >= 0.3 is 0 Å². The molecule has 0 spiro atoms. The van der Waals surface area contributed by atoms with Gasteiger partial charge in [-0.3, -0.25) is 4.79 Å². The molecule has 29 heavy (non-hydrogen) atoms.